The molecule has 2 rings (SSSR count). The van der Waals surface area contributed by atoms with E-state index >= 15 is 0 Å². The Balaban J connectivity index is 1.84. The summed E-state index contributed by atoms with van der Waals surface area (Å²) in [5, 5.41) is 0. The highest BCUT2D eigenvalue weighted by molar-refractivity contribution is 5.41. The molecule has 0 spiro atoms. The predicted molar refractivity (Wildman–Crippen MR) is 127 cm³/mol. The van der Waals surface area contributed by atoms with Gasteiger partial charge in [-0.1, -0.05) is 62.4 Å². The minimum absolute atomic E-state index is 0.123. The molecule has 4 nitrogen and oxygen atoms in total. The summed E-state index contributed by atoms with van der Waals surface area (Å²) in [5.74, 6) is 1.71. The Morgan fingerprint density at radius 2 is 1.00 bits per heavy atom. The van der Waals surface area contributed by atoms with Crippen molar-refractivity contribution in [3.05, 3.63) is 84.0 Å². The van der Waals surface area contributed by atoms with Crippen molar-refractivity contribution in [2.24, 2.45) is 0 Å². The summed E-state index contributed by atoms with van der Waals surface area (Å²) < 4.78 is 22.4. The molecule has 0 aliphatic rings. The number of rotatable bonds is 14. The molecule has 0 amide bonds. The first kappa shape index (κ1) is 24.7. The van der Waals surface area contributed by atoms with E-state index in [2.05, 4.69) is 38.1 Å². The second-order valence-electron chi connectivity index (χ2n) is 7.66. The summed E-state index contributed by atoms with van der Waals surface area (Å²) in [4.78, 5) is 0. The zero-order chi connectivity index (χ0) is 22.4. The highest BCUT2D eigenvalue weighted by atomic mass is 16.5. The summed E-state index contributed by atoms with van der Waals surface area (Å²) in [6.45, 7) is 11.9. The van der Waals surface area contributed by atoms with Crippen molar-refractivity contribution < 1.29 is 18.9 Å². The third-order valence-electron chi connectivity index (χ3n) is 5.04. The van der Waals surface area contributed by atoms with Crippen LogP contribution in [0.15, 0.2) is 72.8 Å². The maximum absolute atomic E-state index is 5.76. The van der Waals surface area contributed by atoms with Crippen LogP contribution >= 0.6 is 0 Å². The Morgan fingerprint density at radius 3 is 1.35 bits per heavy atom. The van der Waals surface area contributed by atoms with Gasteiger partial charge in [0.2, 0.25) is 0 Å². The molecule has 0 atom stereocenters. The predicted octanol–water partition coefficient (Wildman–Crippen LogP) is 5.96. The van der Waals surface area contributed by atoms with Gasteiger partial charge < -0.3 is 18.9 Å². The number of benzene rings is 2. The monoisotopic (exact) mass is 424 g/mol. The molecule has 0 aliphatic heterocycles. The van der Waals surface area contributed by atoms with E-state index in [1.54, 1.807) is 0 Å². The Hall–Kier alpha value is -2.56. The van der Waals surface area contributed by atoms with Crippen LogP contribution in [0.4, 0.5) is 0 Å². The lowest BCUT2D eigenvalue weighted by Crippen LogP contribution is -2.18. The molecule has 0 saturated heterocycles. The topological polar surface area (TPSA) is 36.9 Å². The second kappa shape index (κ2) is 13.7. The molecule has 2 aromatic rings. The molecule has 0 unspecified atom stereocenters. The van der Waals surface area contributed by atoms with Gasteiger partial charge in [0.25, 0.3) is 0 Å². The van der Waals surface area contributed by atoms with Gasteiger partial charge in [-0.2, -0.15) is 0 Å². The number of hydrogen-bond donors (Lipinski definition) is 0. The molecule has 0 radical (unpaired) electrons. The van der Waals surface area contributed by atoms with Crippen LogP contribution in [-0.4, -0.2) is 39.6 Å². The third-order valence-corrected chi connectivity index (χ3v) is 5.04. The van der Waals surface area contributed by atoms with Gasteiger partial charge in [0.15, 0.2) is 0 Å². The lowest BCUT2D eigenvalue weighted by Gasteiger charge is -2.26. The average Bonchev–Trinajstić information content (AvgIpc) is 2.79. The van der Waals surface area contributed by atoms with Crippen molar-refractivity contribution in [2.75, 3.05) is 39.6 Å². The maximum atomic E-state index is 5.76. The highest BCUT2D eigenvalue weighted by Crippen LogP contribution is 2.33. The summed E-state index contributed by atoms with van der Waals surface area (Å²) in [5.41, 5.74) is 2.34. The van der Waals surface area contributed by atoms with E-state index in [4.69, 9.17) is 18.9 Å². The first-order valence-electron chi connectivity index (χ1n) is 10.9. The largest absolute Gasteiger partial charge is 0.491 e. The van der Waals surface area contributed by atoms with E-state index in [1.807, 2.05) is 62.4 Å². The van der Waals surface area contributed by atoms with Crippen LogP contribution in [0.2, 0.25) is 0 Å². The molecule has 168 valence electrons. The smallest absolute Gasteiger partial charge is 0.119 e. The van der Waals surface area contributed by atoms with Crippen molar-refractivity contribution in [1.29, 1.82) is 0 Å². The molecule has 0 heterocycles. The molecular weight excluding hydrogens is 388 g/mol. The lowest BCUT2D eigenvalue weighted by molar-refractivity contribution is 0.121. The molecule has 0 fully saturated rings. The quantitative estimate of drug-likeness (QED) is 0.277. The van der Waals surface area contributed by atoms with E-state index in [1.165, 1.54) is 11.1 Å². The Bertz CT molecular complexity index is 721. The molecule has 2 aromatic carbocycles. The van der Waals surface area contributed by atoms with Gasteiger partial charge in [-0.15, -0.1) is 0 Å². The van der Waals surface area contributed by atoms with E-state index in [9.17, 15) is 0 Å². The molecule has 0 bridgehead atoms. The Kier molecular flexibility index (Phi) is 10.9. The van der Waals surface area contributed by atoms with Gasteiger partial charge >= 0.3 is 0 Å². The molecule has 0 aliphatic carbocycles. The molecule has 0 saturated carbocycles. The normalized spacial score (nSPS) is 12.0. The van der Waals surface area contributed by atoms with Crippen LogP contribution in [0, 0.1) is 0 Å². The van der Waals surface area contributed by atoms with Crippen molar-refractivity contribution >= 4 is 0 Å². The Labute approximate surface area is 187 Å². The third kappa shape index (κ3) is 8.60. The minimum atomic E-state index is -0.123. The van der Waals surface area contributed by atoms with Crippen molar-refractivity contribution in [3.8, 4) is 11.5 Å². The van der Waals surface area contributed by atoms with Gasteiger partial charge in [0.1, 0.15) is 24.7 Å². The van der Waals surface area contributed by atoms with E-state index in [0.717, 1.165) is 11.5 Å². The van der Waals surface area contributed by atoms with E-state index in [-0.39, 0.29) is 5.41 Å². The summed E-state index contributed by atoms with van der Waals surface area (Å²) in [7, 11) is 0. The van der Waals surface area contributed by atoms with Crippen LogP contribution in [0.5, 0.6) is 11.5 Å². The molecule has 4 heteroatoms. The van der Waals surface area contributed by atoms with Gasteiger partial charge in [0.05, 0.1) is 26.4 Å². The SMILES string of the molecule is CC=CCOCCOc1ccc(C(C)(C)c2ccc(OCCOCC=CC)cc2)cc1. The number of hydrogen-bond acceptors (Lipinski definition) is 4. The maximum Gasteiger partial charge on any atom is 0.119 e. The van der Waals surface area contributed by atoms with Gasteiger partial charge in [-0.05, 0) is 49.2 Å². The van der Waals surface area contributed by atoms with Crippen molar-refractivity contribution in [1.82, 2.24) is 0 Å². The average molecular weight is 425 g/mol. The van der Waals surface area contributed by atoms with E-state index < -0.39 is 0 Å². The zero-order valence-electron chi connectivity index (χ0n) is 19.3. The first-order chi connectivity index (χ1) is 15.1. The highest BCUT2D eigenvalue weighted by Gasteiger charge is 2.23. The second-order valence-corrected chi connectivity index (χ2v) is 7.66. The fraction of sp³-hybridized carbons (Fsp3) is 0.407. The molecule has 0 aromatic heterocycles. The van der Waals surface area contributed by atoms with Crippen molar-refractivity contribution in [3.63, 3.8) is 0 Å². The van der Waals surface area contributed by atoms with Crippen LogP contribution in [0.3, 0.4) is 0 Å². The fourth-order valence-corrected chi connectivity index (χ4v) is 3.03. The molecule has 31 heavy (non-hydrogen) atoms. The lowest BCUT2D eigenvalue weighted by atomic mass is 9.78. The van der Waals surface area contributed by atoms with Gasteiger partial charge in [0, 0.05) is 5.41 Å². The van der Waals surface area contributed by atoms with E-state index in [0.29, 0.717) is 39.6 Å². The van der Waals surface area contributed by atoms with Crippen LogP contribution in [0.25, 0.3) is 0 Å². The summed E-state index contributed by atoms with van der Waals surface area (Å²) in [6.07, 6.45) is 7.92. The molecule has 0 N–H and O–H groups in total. The fourth-order valence-electron chi connectivity index (χ4n) is 3.03. The van der Waals surface area contributed by atoms with Gasteiger partial charge in [-0.25, -0.2) is 0 Å². The van der Waals surface area contributed by atoms with Gasteiger partial charge in [-0.3, -0.25) is 0 Å². The number of ether oxygens (including phenoxy) is 4. The minimum Gasteiger partial charge on any atom is -0.491 e. The van der Waals surface area contributed by atoms with Crippen LogP contribution in [0.1, 0.15) is 38.8 Å². The van der Waals surface area contributed by atoms with Crippen molar-refractivity contribution in [2.45, 2.75) is 33.1 Å². The zero-order valence-corrected chi connectivity index (χ0v) is 19.3. The first-order valence-corrected chi connectivity index (χ1v) is 10.9. The van der Waals surface area contributed by atoms with Crippen LogP contribution in [-0.2, 0) is 14.9 Å². The Morgan fingerprint density at radius 1 is 0.613 bits per heavy atom. The number of allylic oxidation sites excluding steroid dienone is 2. The standard InChI is InChI=1S/C27H36O4/c1-5-7-17-28-19-21-30-25-13-9-23(10-14-25)27(3,4)24-11-15-26(16-12-24)31-22-20-29-18-8-6-2/h5-16H,17-22H2,1-4H3. The van der Waals surface area contributed by atoms with Crippen LogP contribution < -0.4 is 9.47 Å². The summed E-state index contributed by atoms with van der Waals surface area (Å²) in [6, 6.07) is 16.6. The summed E-state index contributed by atoms with van der Waals surface area (Å²) >= 11 is 0. The molecular formula is C27H36O4.